The molecule has 0 N–H and O–H groups in total. The number of hydrogen-bond acceptors (Lipinski definition) is 2. The Bertz CT molecular complexity index is 367. The number of carbonyl (C=O) groups excluding carboxylic acids is 1. The summed E-state index contributed by atoms with van der Waals surface area (Å²) in [6.45, 7) is 3.93. The third kappa shape index (κ3) is 2.27. The van der Waals surface area contributed by atoms with E-state index in [4.69, 9.17) is 0 Å². The van der Waals surface area contributed by atoms with Gasteiger partial charge in [-0.3, -0.25) is 0 Å². The molecule has 0 atom stereocenters. The van der Waals surface area contributed by atoms with Crippen LogP contribution in [-0.4, -0.2) is 12.6 Å². The molecule has 0 unspecified atom stereocenters. The number of aliphatic imine (C=N–C) groups is 1. The van der Waals surface area contributed by atoms with E-state index < -0.39 is 5.41 Å². The highest BCUT2D eigenvalue weighted by Gasteiger charge is 2.23. The van der Waals surface area contributed by atoms with Crippen molar-refractivity contribution in [3.8, 4) is 0 Å². The predicted molar refractivity (Wildman–Crippen MR) is 52.4 cm³/mol. The molecule has 0 amide bonds. The highest BCUT2D eigenvalue weighted by atomic mass is 19.1. The van der Waals surface area contributed by atoms with Gasteiger partial charge >= 0.3 is 0 Å². The van der Waals surface area contributed by atoms with Gasteiger partial charge in [0.2, 0.25) is 6.08 Å². The second kappa shape index (κ2) is 4.16. The minimum Gasteiger partial charge on any atom is -0.211 e. The Morgan fingerprint density at radius 3 is 2.64 bits per heavy atom. The molecule has 74 valence electrons. The van der Waals surface area contributed by atoms with Crippen LogP contribution >= 0.6 is 0 Å². The van der Waals surface area contributed by atoms with Crippen molar-refractivity contribution in [2.24, 2.45) is 4.99 Å². The normalized spacial score (nSPS) is 10.8. The molecular weight excluding hydrogens is 181 g/mol. The molecule has 0 radical (unpaired) electrons. The van der Waals surface area contributed by atoms with E-state index in [2.05, 4.69) is 4.99 Å². The van der Waals surface area contributed by atoms with Gasteiger partial charge in [-0.15, -0.1) is 0 Å². The lowest BCUT2D eigenvalue weighted by Gasteiger charge is -2.22. The van der Waals surface area contributed by atoms with Crippen LogP contribution < -0.4 is 0 Å². The largest absolute Gasteiger partial charge is 0.234 e. The van der Waals surface area contributed by atoms with Gasteiger partial charge in [0.25, 0.3) is 0 Å². The highest BCUT2D eigenvalue weighted by molar-refractivity contribution is 5.34. The van der Waals surface area contributed by atoms with Crippen LogP contribution in [0.3, 0.4) is 0 Å². The number of isocyanates is 1. The van der Waals surface area contributed by atoms with Gasteiger partial charge in [-0.1, -0.05) is 32.0 Å². The molecule has 3 heteroatoms. The standard InChI is InChI=1S/C11H12FNO/c1-11(2,7-13-8-14)9-5-3-4-6-10(9)12/h3-6H,7H2,1-2H3. The average Bonchev–Trinajstić information content (AvgIpc) is 2.15. The van der Waals surface area contributed by atoms with Crippen molar-refractivity contribution in [1.29, 1.82) is 0 Å². The molecular formula is C11H12FNO. The zero-order chi connectivity index (χ0) is 10.6. The van der Waals surface area contributed by atoms with Crippen LogP contribution in [0.25, 0.3) is 0 Å². The smallest absolute Gasteiger partial charge is 0.211 e. The van der Waals surface area contributed by atoms with E-state index >= 15 is 0 Å². The molecule has 2 nitrogen and oxygen atoms in total. The summed E-state index contributed by atoms with van der Waals surface area (Å²) in [6, 6.07) is 6.51. The van der Waals surface area contributed by atoms with E-state index in [0.717, 1.165) is 0 Å². The molecule has 0 heterocycles. The van der Waals surface area contributed by atoms with E-state index in [1.165, 1.54) is 12.1 Å². The van der Waals surface area contributed by atoms with Crippen molar-refractivity contribution in [3.63, 3.8) is 0 Å². The molecule has 0 saturated carbocycles. The Balaban J connectivity index is 3.02. The number of rotatable bonds is 3. The predicted octanol–water partition coefficient (Wildman–Crippen LogP) is 2.44. The molecule has 1 aromatic rings. The highest BCUT2D eigenvalue weighted by Crippen LogP contribution is 2.25. The van der Waals surface area contributed by atoms with Crippen molar-refractivity contribution in [2.75, 3.05) is 6.54 Å². The van der Waals surface area contributed by atoms with Gasteiger partial charge in [0.05, 0.1) is 6.54 Å². The first-order chi connectivity index (χ1) is 6.58. The molecule has 0 aliphatic rings. The Kier molecular flexibility index (Phi) is 3.15. The van der Waals surface area contributed by atoms with Gasteiger partial charge in [0, 0.05) is 5.41 Å². The topological polar surface area (TPSA) is 29.4 Å². The van der Waals surface area contributed by atoms with E-state index in [0.29, 0.717) is 5.56 Å². The van der Waals surface area contributed by atoms with Gasteiger partial charge < -0.3 is 0 Å². The molecule has 1 aromatic carbocycles. The molecule has 1 rings (SSSR count). The van der Waals surface area contributed by atoms with Crippen LogP contribution in [0.2, 0.25) is 0 Å². The Labute approximate surface area is 82.5 Å². The van der Waals surface area contributed by atoms with Crippen molar-refractivity contribution >= 4 is 6.08 Å². The molecule has 0 aliphatic heterocycles. The van der Waals surface area contributed by atoms with Crippen molar-refractivity contribution in [3.05, 3.63) is 35.6 Å². The Morgan fingerprint density at radius 1 is 1.43 bits per heavy atom. The Morgan fingerprint density at radius 2 is 2.07 bits per heavy atom. The zero-order valence-corrected chi connectivity index (χ0v) is 8.25. The number of nitrogens with zero attached hydrogens (tertiary/aromatic N) is 1. The van der Waals surface area contributed by atoms with Crippen molar-refractivity contribution in [2.45, 2.75) is 19.3 Å². The minimum absolute atomic E-state index is 0.247. The molecule has 0 aromatic heterocycles. The van der Waals surface area contributed by atoms with Gasteiger partial charge in [-0.05, 0) is 11.6 Å². The third-order valence-corrected chi connectivity index (χ3v) is 2.14. The van der Waals surface area contributed by atoms with Gasteiger partial charge in [0.1, 0.15) is 5.82 Å². The zero-order valence-electron chi connectivity index (χ0n) is 8.25. The van der Waals surface area contributed by atoms with Crippen LogP contribution in [0.1, 0.15) is 19.4 Å². The molecule has 0 aliphatic carbocycles. The number of halogens is 1. The van der Waals surface area contributed by atoms with Crippen molar-refractivity contribution < 1.29 is 9.18 Å². The molecule has 14 heavy (non-hydrogen) atoms. The van der Waals surface area contributed by atoms with Crippen LogP contribution in [0.5, 0.6) is 0 Å². The summed E-state index contributed by atoms with van der Waals surface area (Å²) in [5, 5.41) is 0. The summed E-state index contributed by atoms with van der Waals surface area (Å²) in [6.07, 6.45) is 1.47. The molecule has 0 fully saturated rings. The number of benzene rings is 1. The quantitative estimate of drug-likeness (QED) is 0.535. The first kappa shape index (κ1) is 10.6. The number of hydrogen-bond donors (Lipinski definition) is 0. The minimum atomic E-state index is -0.469. The lowest BCUT2D eigenvalue weighted by atomic mass is 9.84. The molecule has 0 spiro atoms. The lowest BCUT2D eigenvalue weighted by Crippen LogP contribution is -2.22. The van der Waals surface area contributed by atoms with E-state index in [1.807, 2.05) is 13.8 Å². The summed E-state index contributed by atoms with van der Waals surface area (Å²) in [5.74, 6) is -0.265. The van der Waals surface area contributed by atoms with E-state index in [1.54, 1.807) is 18.2 Å². The maximum absolute atomic E-state index is 13.4. The first-order valence-electron chi connectivity index (χ1n) is 4.36. The van der Waals surface area contributed by atoms with Crippen molar-refractivity contribution in [1.82, 2.24) is 0 Å². The van der Waals surface area contributed by atoms with Gasteiger partial charge in [-0.25, -0.2) is 14.2 Å². The van der Waals surface area contributed by atoms with Gasteiger partial charge in [-0.2, -0.15) is 0 Å². The van der Waals surface area contributed by atoms with E-state index in [9.17, 15) is 9.18 Å². The fourth-order valence-electron chi connectivity index (χ4n) is 1.33. The fraction of sp³-hybridized carbons (Fsp3) is 0.364. The summed E-state index contributed by atoms with van der Waals surface area (Å²) in [4.78, 5) is 13.5. The fourth-order valence-corrected chi connectivity index (χ4v) is 1.33. The molecule has 0 bridgehead atoms. The average molecular weight is 193 g/mol. The second-order valence-corrected chi connectivity index (χ2v) is 3.77. The van der Waals surface area contributed by atoms with Crippen LogP contribution in [0.4, 0.5) is 4.39 Å². The maximum atomic E-state index is 13.4. The van der Waals surface area contributed by atoms with E-state index in [-0.39, 0.29) is 12.4 Å². The van der Waals surface area contributed by atoms with Crippen LogP contribution in [0, 0.1) is 5.82 Å². The summed E-state index contributed by atoms with van der Waals surface area (Å²) < 4.78 is 13.4. The van der Waals surface area contributed by atoms with Crippen LogP contribution in [-0.2, 0) is 10.2 Å². The van der Waals surface area contributed by atoms with Crippen LogP contribution in [0.15, 0.2) is 29.3 Å². The Hall–Kier alpha value is -1.47. The SMILES string of the molecule is CC(C)(CN=C=O)c1ccccc1F. The third-order valence-electron chi connectivity index (χ3n) is 2.14. The van der Waals surface area contributed by atoms with Gasteiger partial charge in [0.15, 0.2) is 0 Å². The lowest BCUT2D eigenvalue weighted by molar-refractivity contribution is 0.489. The first-order valence-corrected chi connectivity index (χ1v) is 4.36. The second-order valence-electron chi connectivity index (χ2n) is 3.77. The summed E-state index contributed by atoms with van der Waals surface area (Å²) in [5.41, 5.74) is 0.0990. The molecule has 0 saturated heterocycles. The maximum Gasteiger partial charge on any atom is 0.234 e. The summed E-state index contributed by atoms with van der Waals surface area (Å²) in [7, 11) is 0. The summed E-state index contributed by atoms with van der Waals surface area (Å²) >= 11 is 0. The monoisotopic (exact) mass is 193 g/mol.